The number of hydrogen-bond acceptors (Lipinski definition) is 3. The van der Waals surface area contributed by atoms with Crippen LogP contribution in [0.1, 0.15) is 5.56 Å². The van der Waals surface area contributed by atoms with Crippen molar-refractivity contribution in [2.24, 2.45) is 0 Å². The van der Waals surface area contributed by atoms with E-state index >= 15 is 0 Å². The summed E-state index contributed by atoms with van der Waals surface area (Å²) in [5, 5.41) is 12.2. The largest absolute Gasteiger partial charge is 0.495 e. The fraction of sp³-hybridized carbons (Fsp3) is 0.400. The highest BCUT2D eigenvalue weighted by atomic mass is 35.5. The lowest BCUT2D eigenvalue weighted by atomic mass is 10.2. The van der Waals surface area contributed by atoms with E-state index in [2.05, 4.69) is 5.32 Å². The number of nitrogens with one attached hydrogen (secondary N) is 1. The minimum atomic E-state index is 0.143. The molecule has 0 aliphatic carbocycles. The lowest BCUT2D eigenvalue weighted by Crippen LogP contribution is -2.17. The van der Waals surface area contributed by atoms with Crippen LogP contribution in [-0.4, -0.2) is 25.4 Å². The monoisotopic (exact) mass is 215 g/mol. The van der Waals surface area contributed by atoms with Gasteiger partial charge >= 0.3 is 0 Å². The lowest BCUT2D eigenvalue weighted by Gasteiger charge is -2.06. The van der Waals surface area contributed by atoms with Gasteiger partial charge < -0.3 is 15.2 Å². The van der Waals surface area contributed by atoms with Gasteiger partial charge in [-0.25, -0.2) is 0 Å². The minimum absolute atomic E-state index is 0.143. The molecule has 0 fully saturated rings. The van der Waals surface area contributed by atoms with Gasteiger partial charge in [0.15, 0.2) is 0 Å². The first kappa shape index (κ1) is 11.3. The Bertz CT molecular complexity index is 291. The number of hydrogen-bond donors (Lipinski definition) is 2. The SMILES string of the molecule is COc1ccc(CNCCO)cc1Cl. The van der Waals surface area contributed by atoms with Crippen LogP contribution in [0, 0.1) is 0 Å². The number of rotatable bonds is 5. The highest BCUT2D eigenvalue weighted by Crippen LogP contribution is 2.24. The van der Waals surface area contributed by atoms with Gasteiger partial charge in [-0.05, 0) is 17.7 Å². The first-order valence-electron chi connectivity index (χ1n) is 4.42. The standard InChI is InChI=1S/C10H14ClNO2/c1-14-10-3-2-8(6-9(10)11)7-12-4-5-13/h2-3,6,12-13H,4-5,7H2,1H3. The predicted octanol–water partition coefficient (Wildman–Crippen LogP) is 1.43. The summed E-state index contributed by atoms with van der Waals surface area (Å²) in [5.74, 6) is 0.678. The zero-order chi connectivity index (χ0) is 10.4. The average molecular weight is 216 g/mol. The van der Waals surface area contributed by atoms with Gasteiger partial charge in [-0.1, -0.05) is 17.7 Å². The molecule has 14 heavy (non-hydrogen) atoms. The Kier molecular flexibility index (Phi) is 4.73. The molecule has 0 aromatic heterocycles. The van der Waals surface area contributed by atoms with Crippen molar-refractivity contribution in [3.8, 4) is 5.75 Å². The maximum absolute atomic E-state index is 8.57. The zero-order valence-electron chi connectivity index (χ0n) is 8.09. The van der Waals surface area contributed by atoms with Crippen LogP contribution in [0.4, 0.5) is 0 Å². The summed E-state index contributed by atoms with van der Waals surface area (Å²) in [6.45, 7) is 1.43. The molecule has 1 aromatic carbocycles. The van der Waals surface area contributed by atoms with E-state index < -0.39 is 0 Å². The van der Waals surface area contributed by atoms with Gasteiger partial charge in [-0.2, -0.15) is 0 Å². The molecule has 2 N–H and O–H groups in total. The predicted molar refractivity (Wildman–Crippen MR) is 56.8 cm³/mol. The molecule has 1 aromatic rings. The summed E-state index contributed by atoms with van der Waals surface area (Å²) in [4.78, 5) is 0. The number of aliphatic hydroxyl groups excluding tert-OH is 1. The fourth-order valence-corrected chi connectivity index (χ4v) is 1.41. The summed E-state index contributed by atoms with van der Waals surface area (Å²) in [6, 6.07) is 5.62. The number of methoxy groups -OCH3 is 1. The molecule has 4 heteroatoms. The molecular weight excluding hydrogens is 202 g/mol. The van der Waals surface area contributed by atoms with E-state index in [4.69, 9.17) is 21.4 Å². The van der Waals surface area contributed by atoms with Crippen LogP contribution in [-0.2, 0) is 6.54 Å². The molecule has 0 heterocycles. The van der Waals surface area contributed by atoms with Crippen LogP contribution in [0.3, 0.4) is 0 Å². The Hall–Kier alpha value is -0.770. The van der Waals surface area contributed by atoms with Gasteiger partial charge in [0, 0.05) is 13.1 Å². The van der Waals surface area contributed by atoms with E-state index in [9.17, 15) is 0 Å². The first-order valence-corrected chi connectivity index (χ1v) is 4.79. The third-order valence-corrected chi connectivity index (χ3v) is 2.13. The summed E-state index contributed by atoms with van der Waals surface area (Å²) in [7, 11) is 1.59. The van der Waals surface area contributed by atoms with Crippen LogP contribution < -0.4 is 10.1 Å². The Morgan fingerprint density at radius 3 is 2.86 bits per heavy atom. The topological polar surface area (TPSA) is 41.5 Å². The van der Waals surface area contributed by atoms with Crippen molar-refractivity contribution >= 4 is 11.6 Å². The normalized spacial score (nSPS) is 10.2. The van der Waals surface area contributed by atoms with E-state index in [-0.39, 0.29) is 6.61 Å². The molecule has 78 valence electrons. The van der Waals surface area contributed by atoms with Crippen LogP contribution >= 0.6 is 11.6 Å². The molecule has 0 bridgehead atoms. The van der Waals surface area contributed by atoms with E-state index in [0.29, 0.717) is 23.9 Å². The maximum atomic E-state index is 8.57. The molecule has 0 unspecified atom stereocenters. The van der Waals surface area contributed by atoms with E-state index in [1.165, 1.54) is 0 Å². The second-order valence-electron chi connectivity index (χ2n) is 2.87. The molecule has 0 saturated heterocycles. The van der Waals surface area contributed by atoms with Crippen molar-refractivity contribution in [1.29, 1.82) is 0 Å². The van der Waals surface area contributed by atoms with Crippen molar-refractivity contribution in [2.45, 2.75) is 6.54 Å². The quantitative estimate of drug-likeness (QED) is 0.731. The second-order valence-corrected chi connectivity index (χ2v) is 3.28. The van der Waals surface area contributed by atoms with E-state index in [1.54, 1.807) is 7.11 Å². The molecule has 0 saturated carbocycles. The zero-order valence-corrected chi connectivity index (χ0v) is 8.84. The molecule has 1 rings (SSSR count). The van der Waals surface area contributed by atoms with Gasteiger partial charge in [0.25, 0.3) is 0 Å². The molecule has 0 radical (unpaired) electrons. The van der Waals surface area contributed by atoms with E-state index in [0.717, 1.165) is 5.56 Å². The summed E-state index contributed by atoms with van der Waals surface area (Å²) < 4.78 is 5.03. The summed E-state index contributed by atoms with van der Waals surface area (Å²) >= 11 is 5.94. The Morgan fingerprint density at radius 1 is 1.50 bits per heavy atom. The Morgan fingerprint density at radius 2 is 2.29 bits per heavy atom. The Balaban J connectivity index is 2.57. The first-order chi connectivity index (χ1) is 6.77. The van der Waals surface area contributed by atoms with Crippen molar-refractivity contribution in [1.82, 2.24) is 5.32 Å². The fourth-order valence-electron chi connectivity index (χ4n) is 1.13. The molecular formula is C10H14ClNO2. The molecule has 3 nitrogen and oxygen atoms in total. The minimum Gasteiger partial charge on any atom is -0.495 e. The van der Waals surface area contributed by atoms with Crippen LogP contribution in [0.2, 0.25) is 5.02 Å². The molecule has 0 aliphatic heterocycles. The number of benzene rings is 1. The van der Waals surface area contributed by atoms with Gasteiger partial charge in [0.2, 0.25) is 0 Å². The molecule has 0 atom stereocenters. The maximum Gasteiger partial charge on any atom is 0.137 e. The number of aliphatic hydroxyl groups is 1. The Labute approximate surface area is 88.7 Å². The van der Waals surface area contributed by atoms with Gasteiger partial charge in [0.05, 0.1) is 18.7 Å². The second kappa shape index (κ2) is 5.86. The van der Waals surface area contributed by atoms with Crippen molar-refractivity contribution in [3.63, 3.8) is 0 Å². The van der Waals surface area contributed by atoms with Gasteiger partial charge in [-0.15, -0.1) is 0 Å². The van der Waals surface area contributed by atoms with Gasteiger partial charge in [0.1, 0.15) is 5.75 Å². The van der Waals surface area contributed by atoms with Gasteiger partial charge in [-0.3, -0.25) is 0 Å². The summed E-state index contributed by atoms with van der Waals surface area (Å²) in [5.41, 5.74) is 1.07. The van der Waals surface area contributed by atoms with Crippen LogP contribution in [0.15, 0.2) is 18.2 Å². The van der Waals surface area contributed by atoms with Crippen molar-refractivity contribution in [2.75, 3.05) is 20.3 Å². The van der Waals surface area contributed by atoms with Crippen molar-refractivity contribution in [3.05, 3.63) is 28.8 Å². The van der Waals surface area contributed by atoms with Crippen LogP contribution in [0.5, 0.6) is 5.75 Å². The number of ether oxygens (including phenoxy) is 1. The van der Waals surface area contributed by atoms with Crippen LogP contribution in [0.25, 0.3) is 0 Å². The molecule has 0 spiro atoms. The molecule has 0 amide bonds. The highest BCUT2D eigenvalue weighted by molar-refractivity contribution is 6.32. The third kappa shape index (κ3) is 3.18. The smallest absolute Gasteiger partial charge is 0.137 e. The highest BCUT2D eigenvalue weighted by Gasteiger charge is 2.00. The average Bonchev–Trinajstić information content (AvgIpc) is 2.18. The third-order valence-electron chi connectivity index (χ3n) is 1.83. The lowest BCUT2D eigenvalue weighted by molar-refractivity contribution is 0.292. The molecule has 0 aliphatic rings. The summed E-state index contributed by atoms with van der Waals surface area (Å²) in [6.07, 6.45) is 0. The van der Waals surface area contributed by atoms with Crippen molar-refractivity contribution < 1.29 is 9.84 Å². The number of halogens is 1. The van der Waals surface area contributed by atoms with E-state index in [1.807, 2.05) is 18.2 Å².